The van der Waals surface area contributed by atoms with Gasteiger partial charge in [-0.1, -0.05) is 18.2 Å². The first kappa shape index (κ1) is 20.0. The number of oxazole rings is 1. The van der Waals surface area contributed by atoms with Crippen LogP contribution in [-0.2, 0) is 0 Å². The summed E-state index contributed by atoms with van der Waals surface area (Å²) >= 11 is 0. The number of nitro groups is 1. The molecule has 0 atom stereocenters. The summed E-state index contributed by atoms with van der Waals surface area (Å²) in [5.41, 5.74) is 2.01. The number of nitro benzene ring substituents is 1. The van der Waals surface area contributed by atoms with Gasteiger partial charge in [0, 0.05) is 17.2 Å². The molecule has 4 rings (SSSR count). The molecule has 0 aliphatic heterocycles. The zero-order valence-electron chi connectivity index (χ0n) is 16.3. The van der Waals surface area contributed by atoms with Crippen LogP contribution in [0.4, 0.5) is 15.8 Å². The number of carbonyl (C=O) groups is 1. The molecule has 7 nitrogen and oxygen atoms in total. The van der Waals surface area contributed by atoms with Crippen molar-refractivity contribution in [3.05, 3.63) is 100.0 Å². The first-order valence-corrected chi connectivity index (χ1v) is 9.30. The maximum absolute atomic E-state index is 13.2. The Hall–Kier alpha value is -4.33. The minimum atomic E-state index is -0.497. The molecule has 0 saturated heterocycles. The van der Waals surface area contributed by atoms with Gasteiger partial charge in [-0.2, -0.15) is 0 Å². The Labute approximate surface area is 176 Å². The van der Waals surface area contributed by atoms with Gasteiger partial charge in [-0.25, -0.2) is 9.37 Å². The third-order valence-electron chi connectivity index (χ3n) is 4.79. The van der Waals surface area contributed by atoms with Crippen molar-refractivity contribution in [3.8, 4) is 22.8 Å². The van der Waals surface area contributed by atoms with E-state index >= 15 is 0 Å². The number of hydrogen-bond donors (Lipinski definition) is 1. The molecule has 0 bridgehead atoms. The Morgan fingerprint density at radius 1 is 1.06 bits per heavy atom. The van der Waals surface area contributed by atoms with Crippen LogP contribution in [-0.4, -0.2) is 15.8 Å². The lowest BCUT2D eigenvalue weighted by Gasteiger charge is -2.10. The van der Waals surface area contributed by atoms with Crippen molar-refractivity contribution in [1.29, 1.82) is 0 Å². The number of halogens is 1. The first-order chi connectivity index (χ1) is 14.9. The number of aromatic nitrogens is 1. The van der Waals surface area contributed by atoms with Crippen molar-refractivity contribution < 1.29 is 18.5 Å². The summed E-state index contributed by atoms with van der Waals surface area (Å²) in [5.74, 6) is -0.164. The molecule has 154 valence electrons. The zero-order valence-corrected chi connectivity index (χ0v) is 16.3. The minimum Gasteiger partial charge on any atom is -0.436 e. The second kappa shape index (κ2) is 8.19. The fraction of sp³-hybridized carbons (Fsp3) is 0.0435. The largest absolute Gasteiger partial charge is 0.436 e. The molecule has 1 heterocycles. The number of rotatable bonds is 5. The van der Waals surface area contributed by atoms with Crippen molar-refractivity contribution in [2.45, 2.75) is 6.92 Å². The highest BCUT2D eigenvalue weighted by Gasteiger charge is 2.19. The summed E-state index contributed by atoms with van der Waals surface area (Å²) in [7, 11) is 0. The van der Waals surface area contributed by atoms with Crippen molar-refractivity contribution in [2.24, 2.45) is 0 Å². The third kappa shape index (κ3) is 4.04. The molecule has 3 aromatic carbocycles. The van der Waals surface area contributed by atoms with Gasteiger partial charge in [0.2, 0.25) is 5.89 Å². The van der Waals surface area contributed by atoms with E-state index in [2.05, 4.69) is 10.3 Å². The van der Waals surface area contributed by atoms with Crippen molar-refractivity contribution in [1.82, 2.24) is 4.98 Å². The Bertz CT molecular complexity index is 1280. The van der Waals surface area contributed by atoms with Crippen LogP contribution in [0.3, 0.4) is 0 Å². The summed E-state index contributed by atoms with van der Waals surface area (Å²) in [4.78, 5) is 27.9. The van der Waals surface area contributed by atoms with Gasteiger partial charge in [-0.3, -0.25) is 14.9 Å². The number of hydrogen-bond acceptors (Lipinski definition) is 5. The lowest BCUT2D eigenvalue weighted by Crippen LogP contribution is -2.14. The topological polar surface area (TPSA) is 98.3 Å². The summed E-state index contributed by atoms with van der Waals surface area (Å²) in [6, 6.07) is 17.0. The maximum atomic E-state index is 13.2. The predicted molar refractivity (Wildman–Crippen MR) is 113 cm³/mol. The number of amides is 1. The average molecular weight is 417 g/mol. The van der Waals surface area contributed by atoms with E-state index in [1.807, 2.05) is 0 Å². The number of anilines is 1. The molecule has 0 spiro atoms. The number of carbonyl (C=O) groups excluding carboxylic acids is 1. The Kier molecular flexibility index (Phi) is 5.28. The van der Waals surface area contributed by atoms with Crippen molar-refractivity contribution >= 4 is 17.3 Å². The van der Waals surface area contributed by atoms with Crippen LogP contribution >= 0.6 is 0 Å². The van der Waals surface area contributed by atoms with Crippen molar-refractivity contribution in [3.63, 3.8) is 0 Å². The quantitative estimate of drug-likeness (QED) is 0.336. The second-order valence-corrected chi connectivity index (χ2v) is 6.74. The molecule has 31 heavy (non-hydrogen) atoms. The highest BCUT2D eigenvalue weighted by Crippen LogP contribution is 2.30. The summed E-state index contributed by atoms with van der Waals surface area (Å²) in [6.45, 7) is 1.57. The molecule has 4 aromatic rings. The van der Waals surface area contributed by atoms with Gasteiger partial charge in [-0.05, 0) is 49.4 Å². The fourth-order valence-corrected chi connectivity index (χ4v) is 3.16. The smallest absolute Gasteiger partial charge is 0.274 e. The van der Waals surface area contributed by atoms with Gasteiger partial charge in [0.05, 0.1) is 27.9 Å². The molecule has 0 aliphatic carbocycles. The first-order valence-electron chi connectivity index (χ1n) is 9.30. The molecule has 0 radical (unpaired) electrons. The molecular weight excluding hydrogens is 401 g/mol. The fourth-order valence-electron chi connectivity index (χ4n) is 3.16. The average Bonchev–Trinajstić information content (AvgIpc) is 3.25. The molecular formula is C23H16FN3O4. The van der Waals surface area contributed by atoms with Gasteiger partial charge in [-0.15, -0.1) is 0 Å². The molecule has 0 aliphatic rings. The summed E-state index contributed by atoms with van der Waals surface area (Å²) in [6.07, 6.45) is 1.50. The molecule has 1 N–H and O–H groups in total. The Balaban J connectivity index is 1.65. The number of nitrogens with zero attached hydrogens (tertiary/aromatic N) is 2. The predicted octanol–water partition coefficient (Wildman–Crippen LogP) is 5.62. The van der Waals surface area contributed by atoms with Gasteiger partial charge in [0.25, 0.3) is 11.6 Å². The van der Waals surface area contributed by atoms with Crippen LogP contribution in [0.15, 0.2) is 77.3 Å². The molecule has 8 heteroatoms. The third-order valence-corrected chi connectivity index (χ3v) is 4.79. The van der Waals surface area contributed by atoms with Gasteiger partial charge in [0.1, 0.15) is 5.82 Å². The molecule has 1 aromatic heterocycles. The van der Waals surface area contributed by atoms with Crippen LogP contribution in [0.5, 0.6) is 0 Å². The van der Waals surface area contributed by atoms with E-state index in [0.717, 1.165) is 0 Å². The van der Waals surface area contributed by atoms with E-state index in [1.54, 1.807) is 49.4 Å². The summed E-state index contributed by atoms with van der Waals surface area (Å²) < 4.78 is 19.0. The highest BCUT2D eigenvalue weighted by molar-refractivity contribution is 6.08. The molecule has 0 fully saturated rings. The maximum Gasteiger partial charge on any atom is 0.274 e. The van der Waals surface area contributed by atoms with Crippen LogP contribution in [0.1, 0.15) is 15.9 Å². The van der Waals surface area contributed by atoms with E-state index in [9.17, 15) is 19.3 Å². The second-order valence-electron chi connectivity index (χ2n) is 6.74. The minimum absolute atomic E-state index is 0.0808. The van der Waals surface area contributed by atoms with Crippen LogP contribution in [0.25, 0.3) is 22.8 Å². The van der Waals surface area contributed by atoms with Gasteiger partial charge < -0.3 is 9.73 Å². The van der Waals surface area contributed by atoms with E-state index in [1.165, 1.54) is 30.5 Å². The van der Waals surface area contributed by atoms with Crippen LogP contribution in [0.2, 0.25) is 0 Å². The zero-order chi connectivity index (χ0) is 22.0. The van der Waals surface area contributed by atoms with Gasteiger partial charge >= 0.3 is 0 Å². The van der Waals surface area contributed by atoms with E-state index in [4.69, 9.17) is 4.42 Å². The molecule has 0 saturated carbocycles. The molecule has 0 unspecified atom stereocenters. The summed E-state index contributed by atoms with van der Waals surface area (Å²) in [5, 5.41) is 13.9. The lowest BCUT2D eigenvalue weighted by atomic mass is 10.1. The highest BCUT2D eigenvalue weighted by atomic mass is 19.1. The monoisotopic (exact) mass is 417 g/mol. The number of nitrogens with one attached hydrogen (secondary N) is 1. The van der Waals surface area contributed by atoms with E-state index < -0.39 is 10.8 Å². The van der Waals surface area contributed by atoms with Crippen molar-refractivity contribution in [2.75, 3.05) is 5.32 Å². The van der Waals surface area contributed by atoms with Crippen LogP contribution < -0.4 is 5.32 Å². The standard InChI is InChI=1S/C23H16FN3O4/c1-14-19(7-4-8-20(14)27(29)30)26-22(28)17-5-2-3-6-18(17)23-25-13-21(31-23)15-9-11-16(24)12-10-15/h2-13H,1H3,(H,26,28). The SMILES string of the molecule is Cc1c(NC(=O)c2ccccc2-c2ncc(-c3ccc(F)cc3)o2)cccc1[N+](=O)[O-]. The van der Waals surface area contributed by atoms with Crippen LogP contribution in [0, 0.1) is 22.9 Å². The Morgan fingerprint density at radius 3 is 2.55 bits per heavy atom. The lowest BCUT2D eigenvalue weighted by molar-refractivity contribution is -0.385. The van der Waals surface area contributed by atoms with E-state index in [0.29, 0.717) is 33.7 Å². The number of benzene rings is 3. The Morgan fingerprint density at radius 2 is 1.81 bits per heavy atom. The van der Waals surface area contributed by atoms with Gasteiger partial charge in [0.15, 0.2) is 5.76 Å². The molecule has 1 amide bonds. The normalized spacial score (nSPS) is 10.6. The van der Waals surface area contributed by atoms with E-state index in [-0.39, 0.29) is 17.4 Å².